The Hall–Kier alpha value is -1.33. The van der Waals surface area contributed by atoms with E-state index < -0.39 is 0 Å². The molecule has 0 aromatic carbocycles. The van der Waals surface area contributed by atoms with Crippen LogP contribution in [-0.2, 0) is 13.6 Å². The van der Waals surface area contributed by atoms with Crippen LogP contribution in [0.1, 0.15) is 31.7 Å². The fourth-order valence-corrected chi connectivity index (χ4v) is 4.32. The molecule has 0 amide bonds. The normalized spacial score (nSPS) is 21.4. The van der Waals surface area contributed by atoms with Gasteiger partial charge in [0.1, 0.15) is 0 Å². The molecule has 5 heteroatoms. The van der Waals surface area contributed by atoms with E-state index in [1.807, 2.05) is 24.0 Å². The molecule has 1 fully saturated rings. The molecule has 2 atom stereocenters. The number of pyridine rings is 1. The fourth-order valence-electron chi connectivity index (χ4n) is 3.18. The molecule has 0 bridgehead atoms. The second-order valence-corrected chi connectivity index (χ2v) is 7.46. The first-order chi connectivity index (χ1) is 10.8. The molecule has 1 aliphatic carbocycles. The van der Waals surface area contributed by atoms with E-state index in [1.165, 1.54) is 30.6 Å². The van der Waals surface area contributed by atoms with Crippen LogP contribution in [0.15, 0.2) is 30.7 Å². The van der Waals surface area contributed by atoms with Gasteiger partial charge >= 0.3 is 0 Å². The summed E-state index contributed by atoms with van der Waals surface area (Å²) in [5.41, 5.74) is 3.38. The highest BCUT2D eigenvalue weighted by atomic mass is 32.2. The lowest BCUT2D eigenvalue weighted by molar-refractivity contribution is 0.525. The van der Waals surface area contributed by atoms with Gasteiger partial charge in [-0.25, -0.2) is 0 Å². The van der Waals surface area contributed by atoms with Crippen molar-refractivity contribution in [2.45, 2.75) is 44.0 Å². The van der Waals surface area contributed by atoms with E-state index in [1.54, 1.807) is 6.20 Å². The topological polar surface area (TPSA) is 42.7 Å². The van der Waals surface area contributed by atoms with Gasteiger partial charge in [0.25, 0.3) is 0 Å². The number of aromatic nitrogens is 3. The predicted octanol–water partition coefficient (Wildman–Crippen LogP) is 3.25. The number of rotatable bonds is 6. The van der Waals surface area contributed by atoms with Gasteiger partial charge in [-0.2, -0.15) is 16.9 Å². The van der Waals surface area contributed by atoms with Gasteiger partial charge < -0.3 is 5.32 Å². The van der Waals surface area contributed by atoms with Crippen molar-refractivity contribution in [1.29, 1.82) is 0 Å². The van der Waals surface area contributed by atoms with Gasteiger partial charge in [-0.1, -0.05) is 6.92 Å². The van der Waals surface area contributed by atoms with Crippen LogP contribution < -0.4 is 5.32 Å². The van der Waals surface area contributed by atoms with Crippen LogP contribution in [0.2, 0.25) is 0 Å². The van der Waals surface area contributed by atoms with E-state index in [-0.39, 0.29) is 0 Å². The van der Waals surface area contributed by atoms with Crippen molar-refractivity contribution in [3.63, 3.8) is 0 Å². The summed E-state index contributed by atoms with van der Waals surface area (Å²) in [5, 5.41) is 9.17. The molecule has 1 saturated carbocycles. The highest BCUT2D eigenvalue weighted by Crippen LogP contribution is 2.30. The van der Waals surface area contributed by atoms with Gasteiger partial charge in [0.2, 0.25) is 0 Å². The molecule has 118 valence electrons. The zero-order chi connectivity index (χ0) is 15.4. The van der Waals surface area contributed by atoms with Gasteiger partial charge in [0.15, 0.2) is 0 Å². The van der Waals surface area contributed by atoms with Gasteiger partial charge in [0.05, 0.1) is 5.69 Å². The first-order valence-electron chi connectivity index (χ1n) is 8.04. The minimum Gasteiger partial charge on any atom is -0.310 e. The molecule has 4 nitrogen and oxygen atoms in total. The van der Waals surface area contributed by atoms with Crippen molar-refractivity contribution in [3.05, 3.63) is 36.3 Å². The maximum absolute atomic E-state index is 4.60. The lowest BCUT2D eigenvalue weighted by atomic mass is 10.1. The molecule has 3 rings (SSSR count). The van der Waals surface area contributed by atoms with Crippen LogP contribution >= 0.6 is 11.8 Å². The maximum atomic E-state index is 4.60. The number of nitrogens with one attached hydrogen (secondary N) is 1. The van der Waals surface area contributed by atoms with Crippen molar-refractivity contribution < 1.29 is 0 Å². The minimum absolute atomic E-state index is 0.644. The highest BCUT2D eigenvalue weighted by Gasteiger charge is 2.24. The SMILES string of the molecule is CCS[C@H]1CC[C@@H](NCc2cn(C)nc2-c2cccnc2)C1. The van der Waals surface area contributed by atoms with Crippen molar-refractivity contribution in [1.82, 2.24) is 20.1 Å². The zero-order valence-electron chi connectivity index (χ0n) is 13.3. The van der Waals surface area contributed by atoms with Crippen molar-refractivity contribution >= 4 is 11.8 Å². The Balaban J connectivity index is 1.64. The summed E-state index contributed by atoms with van der Waals surface area (Å²) in [6, 6.07) is 4.68. The molecule has 1 N–H and O–H groups in total. The Bertz CT molecular complexity index is 596. The zero-order valence-corrected chi connectivity index (χ0v) is 14.1. The summed E-state index contributed by atoms with van der Waals surface area (Å²) < 4.78 is 1.89. The van der Waals surface area contributed by atoms with Crippen LogP contribution in [0, 0.1) is 0 Å². The summed E-state index contributed by atoms with van der Waals surface area (Å²) in [7, 11) is 1.98. The molecule has 0 spiro atoms. The van der Waals surface area contributed by atoms with Gasteiger partial charge in [-0.3, -0.25) is 9.67 Å². The predicted molar refractivity (Wildman–Crippen MR) is 92.8 cm³/mol. The molecule has 0 unspecified atom stereocenters. The number of hydrogen-bond acceptors (Lipinski definition) is 4. The highest BCUT2D eigenvalue weighted by molar-refractivity contribution is 7.99. The molecule has 0 radical (unpaired) electrons. The van der Waals surface area contributed by atoms with E-state index in [9.17, 15) is 0 Å². The lowest BCUT2D eigenvalue weighted by Crippen LogP contribution is -2.26. The van der Waals surface area contributed by atoms with Crippen LogP contribution in [0.3, 0.4) is 0 Å². The Morgan fingerprint density at radius 3 is 3.09 bits per heavy atom. The van der Waals surface area contributed by atoms with Crippen LogP contribution in [0.5, 0.6) is 0 Å². The Kier molecular flexibility index (Phi) is 5.16. The van der Waals surface area contributed by atoms with E-state index in [0.29, 0.717) is 6.04 Å². The van der Waals surface area contributed by atoms with Crippen molar-refractivity contribution in [3.8, 4) is 11.3 Å². The standard InChI is InChI=1S/C17H24N4S/c1-3-22-16-7-6-15(9-16)19-11-14-12-21(2)20-17(14)13-5-4-8-18-10-13/h4-5,8,10,12,15-16,19H,3,6-7,9,11H2,1-2H3/t15-,16+/m1/s1. The minimum atomic E-state index is 0.644. The molecule has 0 aliphatic heterocycles. The molecule has 1 aliphatic rings. The molecular formula is C17H24N4S. The van der Waals surface area contributed by atoms with E-state index in [4.69, 9.17) is 0 Å². The second-order valence-electron chi connectivity index (χ2n) is 5.89. The number of hydrogen-bond donors (Lipinski definition) is 1. The lowest BCUT2D eigenvalue weighted by Gasteiger charge is -2.13. The van der Waals surface area contributed by atoms with Gasteiger partial charge in [-0.05, 0) is 37.1 Å². The van der Waals surface area contributed by atoms with Crippen LogP contribution in [-0.4, -0.2) is 31.8 Å². The molecule has 22 heavy (non-hydrogen) atoms. The quantitative estimate of drug-likeness (QED) is 0.888. The third-order valence-corrected chi connectivity index (χ3v) is 5.44. The van der Waals surface area contributed by atoms with Gasteiger partial charge in [-0.15, -0.1) is 0 Å². The molecule has 2 aromatic rings. The maximum Gasteiger partial charge on any atom is 0.0983 e. The number of nitrogens with zero attached hydrogens (tertiary/aromatic N) is 3. The molecular weight excluding hydrogens is 292 g/mol. The fraction of sp³-hybridized carbons (Fsp3) is 0.529. The molecule has 0 saturated heterocycles. The summed E-state index contributed by atoms with van der Waals surface area (Å²) in [4.78, 5) is 4.21. The first-order valence-corrected chi connectivity index (χ1v) is 9.09. The summed E-state index contributed by atoms with van der Waals surface area (Å²) in [5.74, 6) is 1.23. The summed E-state index contributed by atoms with van der Waals surface area (Å²) in [6.45, 7) is 3.13. The Labute approximate surface area is 136 Å². The summed E-state index contributed by atoms with van der Waals surface area (Å²) in [6.07, 6.45) is 9.73. The van der Waals surface area contributed by atoms with E-state index in [2.05, 4.69) is 46.3 Å². The van der Waals surface area contributed by atoms with Crippen LogP contribution in [0.4, 0.5) is 0 Å². The van der Waals surface area contributed by atoms with E-state index in [0.717, 1.165) is 23.1 Å². The largest absolute Gasteiger partial charge is 0.310 e. The van der Waals surface area contributed by atoms with Crippen molar-refractivity contribution in [2.75, 3.05) is 5.75 Å². The second kappa shape index (κ2) is 7.29. The Morgan fingerprint density at radius 1 is 1.41 bits per heavy atom. The van der Waals surface area contributed by atoms with Gasteiger partial charge in [0, 0.05) is 54.6 Å². The number of aryl methyl sites for hydroxylation is 1. The average Bonchev–Trinajstić information content (AvgIpc) is 3.13. The smallest absolute Gasteiger partial charge is 0.0983 e. The third-order valence-electron chi connectivity index (χ3n) is 4.21. The number of thioether (sulfide) groups is 1. The van der Waals surface area contributed by atoms with E-state index >= 15 is 0 Å². The average molecular weight is 316 g/mol. The third kappa shape index (κ3) is 3.70. The van der Waals surface area contributed by atoms with Crippen molar-refractivity contribution in [2.24, 2.45) is 7.05 Å². The molecule has 2 aromatic heterocycles. The Morgan fingerprint density at radius 2 is 2.32 bits per heavy atom. The summed E-state index contributed by atoms with van der Waals surface area (Å²) >= 11 is 2.10. The molecule has 2 heterocycles. The first kappa shape index (κ1) is 15.6. The monoisotopic (exact) mass is 316 g/mol. The van der Waals surface area contributed by atoms with Crippen LogP contribution in [0.25, 0.3) is 11.3 Å².